The highest BCUT2D eigenvalue weighted by atomic mass is 32.2. The summed E-state index contributed by atoms with van der Waals surface area (Å²) in [6.45, 7) is 0.258. The third-order valence-electron chi connectivity index (χ3n) is 4.35. The number of benzene rings is 2. The van der Waals surface area contributed by atoms with E-state index < -0.39 is 21.7 Å². The number of rotatable bonds is 7. The summed E-state index contributed by atoms with van der Waals surface area (Å²) in [7, 11) is 0.271. The quantitative estimate of drug-likeness (QED) is 0.632. The SMILES string of the molecule is CNCc1cn(S(=O)(=O)c2cccc(OC)c2)c(-c2cc(F)ccc2F)c1OC. The maximum atomic E-state index is 14.6. The van der Waals surface area contributed by atoms with E-state index in [1.807, 2.05) is 0 Å². The van der Waals surface area contributed by atoms with Crippen molar-refractivity contribution in [1.82, 2.24) is 9.29 Å². The van der Waals surface area contributed by atoms with Crippen molar-refractivity contribution in [2.45, 2.75) is 11.4 Å². The molecule has 0 aliphatic heterocycles. The van der Waals surface area contributed by atoms with Crippen molar-refractivity contribution in [2.24, 2.45) is 0 Å². The van der Waals surface area contributed by atoms with Gasteiger partial charge in [0.15, 0.2) is 0 Å². The van der Waals surface area contributed by atoms with E-state index in [2.05, 4.69) is 5.32 Å². The van der Waals surface area contributed by atoms with Gasteiger partial charge in [0.2, 0.25) is 0 Å². The molecule has 0 radical (unpaired) electrons. The van der Waals surface area contributed by atoms with E-state index in [0.29, 0.717) is 11.3 Å². The van der Waals surface area contributed by atoms with Gasteiger partial charge < -0.3 is 14.8 Å². The molecule has 3 aromatic rings. The topological polar surface area (TPSA) is 69.6 Å². The van der Waals surface area contributed by atoms with Crippen LogP contribution in [0.15, 0.2) is 53.6 Å². The third kappa shape index (κ3) is 3.83. The van der Waals surface area contributed by atoms with Crippen LogP contribution in [0.25, 0.3) is 11.3 Å². The molecule has 29 heavy (non-hydrogen) atoms. The average molecular weight is 422 g/mol. The van der Waals surface area contributed by atoms with Gasteiger partial charge >= 0.3 is 0 Å². The summed E-state index contributed by atoms with van der Waals surface area (Å²) in [5.74, 6) is -1.000. The van der Waals surface area contributed by atoms with Gasteiger partial charge in [-0.15, -0.1) is 0 Å². The molecule has 0 bridgehead atoms. The molecule has 0 saturated heterocycles. The van der Waals surface area contributed by atoms with Crippen molar-refractivity contribution in [3.05, 3.63) is 65.9 Å². The molecular weight excluding hydrogens is 402 g/mol. The van der Waals surface area contributed by atoms with Crippen LogP contribution in [0.2, 0.25) is 0 Å². The number of methoxy groups -OCH3 is 2. The molecule has 0 saturated carbocycles. The van der Waals surface area contributed by atoms with E-state index in [0.717, 1.165) is 22.2 Å². The van der Waals surface area contributed by atoms with Crippen LogP contribution in [0.1, 0.15) is 5.56 Å². The highest BCUT2D eigenvalue weighted by Crippen LogP contribution is 2.39. The number of ether oxygens (including phenoxy) is 2. The average Bonchev–Trinajstić information content (AvgIpc) is 3.09. The second-order valence-corrected chi connectivity index (χ2v) is 7.99. The standard InChI is InChI=1S/C20H20F2N2O4S/c1-23-11-13-12-24(29(25,26)16-6-4-5-15(10-16)27-2)19(20(13)28-3)17-9-14(21)7-8-18(17)22/h4-10,12,23H,11H2,1-3H3. The van der Waals surface area contributed by atoms with Gasteiger partial charge in [-0.1, -0.05) is 6.07 Å². The normalized spacial score (nSPS) is 11.5. The third-order valence-corrected chi connectivity index (χ3v) is 6.01. The van der Waals surface area contributed by atoms with E-state index in [4.69, 9.17) is 9.47 Å². The summed E-state index contributed by atoms with van der Waals surface area (Å²) in [6, 6.07) is 8.73. The van der Waals surface area contributed by atoms with Crippen LogP contribution in [0, 0.1) is 11.6 Å². The van der Waals surface area contributed by atoms with Gasteiger partial charge in [0.25, 0.3) is 10.0 Å². The van der Waals surface area contributed by atoms with Crippen LogP contribution in [0.3, 0.4) is 0 Å². The number of hydrogen-bond donors (Lipinski definition) is 1. The Morgan fingerprint density at radius 1 is 1.07 bits per heavy atom. The maximum absolute atomic E-state index is 14.6. The summed E-state index contributed by atoms with van der Waals surface area (Å²) >= 11 is 0. The lowest BCUT2D eigenvalue weighted by atomic mass is 10.1. The molecule has 1 heterocycles. The zero-order valence-corrected chi connectivity index (χ0v) is 16.9. The molecule has 0 unspecified atom stereocenters. The van der Waals surface area contributed by atoms with Crippen LogP contribution in [0.5, 0.6) is 11.5 Å². The van der Waals surface area contributed by atoms with E-state index in [1.165, 1.54) is 38.6 Å². The molecule has 6 nitrogen and oxygen atoms in total. The molecular formula is C20H20F2N2O4S. The molecule has 0 fully saturated rings. The summed E-state index contributed by atoms with van der Waals surface area (Å²) in [6.07, 6.45) is 1.34. The summed E-state index contributed by atoms with van der Waals surface area (Å²) in [5, 5.41) is 2.91. The number of hydrogen-bond acceptors (Lipinski definition) is 5. The molecule has 1 aromatic heterocycles. The first-order valence-electron chi connectivity index (χ1n) is 8.61. The van der Waals surface area contributed by atoms with Crippen molar-refractivity contribution in [3.63, 3.8) is 0 Å². The number of aromatic nitrogens is 1. The predicted octanol–water partition coefficient (Wildman–Crippen LogP) is 3.41. The molecule has 3 rings (SSSR count). The predicted molar refractivity (Wildman–Crippen MR) is 105 cm³/mol. The molecule has 0 amide bonds. The smallest absolute Gasteiger partial charge is 0.268 e. The van der Waals surface area contributed by atoms with Gasteiger partial charge in [-0.3, -0.25) is 0 Å². The van der Waals surface area contributed by atoms with E-state index in [1.54, 1.807) is 13.1 Å². The lowest BCUT2D eigenvalue weighted by molar-refractivity contribution is 0.411. The first-order valence-corrected chi connectivity index (χ1v) is 10.0. The molecule has 0 aliphatic rings. The Morgan fingerprint density at radius 3 is 2.48 bits per heavy atom. The number of halogens is 2. The lowest BCUT2D eigenvalue weighted by Gasteiger charge is -2.13. The van der Waals surface area contributed by atoms with Gasteiger partial charge in [0, 0.05) is 29.9 Å². The fraction of sp³-hybridized carbons (Fsp3) is 0.200. The van der Waals surface area contributed by atoms with Crippen molar-refractivity contribution in [2.75, 3.05) is 21.3 Å². The molecule has 1 N–H and O–H groups in total. The van der Waals surface area contributed by atoms with Crippen molar-refractivity contribution >= 4 is 10.0 Å². The Balaban J connectivity index is 2.34. The van der Waals surface area contributed by atoms with Crippen LogP contribution in [-0.4, -0.2) is 33.7 Å². The summed E-state index contributed by atoms with van der Waals surface area (Å²) in [5.41, 5.74) is 0.147. The summed E-state index contributed by atoms with van der Waals surface area (Å²) in [4.78, 5) is -0.0661. The van der Waals surface area contributed by atoms with E-state index in [9.17, 15) is 17.2 Å². The molecule has 0 atom stereocenters. The molecule has 2 aromatic carbocycles. The largest absolute Gasteiger partial charge is 0.497 e. The molecule has 154 valence electrons. The fourth-order valence-electron chi connectivity index (χ4n) is 3.05. The maximum Gasteiger partial charge on any atom is 0.268 e. The Morgan fingerprint density at radius 2 is 1.83 bits per heavy atom. The fourth-order valence-corrected chi connectivity index (χ4v) is 4.48. The van der Waals surface area contributed by atoms with Crippen molar-refractivity contribution < 1.29 is 26.7 Å². The first kappa shape index (κ1) is 20.8. The summed E-state index contributed by atoms with van der Waals surface area (Å²) < 4.78 is 66.7. The van der Waals surface area contributed by atoms with E-state index in [-0.39, 0.29) is 28.4 Å². The molecule has 0 spiro atoms. The van der Waals surface area contributed by atoms with Gasteiger partial charge in [-0.2, -0.15) is 0 Å². The minimum Gasteiger partial charge on any atom is -0.497 e. The minimum atomic E-state index is -4.17. The zero-order valence-electron chi connectivity index (χ0n) is 16.1. The van der Waals surface area contributed by atoms with Gasteiger partial charge in [-0.25, -0.2) is 21.2 Å². The van der Waals surface area contributed by atoms with Gasteiger partial charge in [0.1, 0.15) is 28.8 Å². The van der Waals surface area contributed by atoms with Crippen LogP contribution >= 0.6 is 0 Å². The Labute approximate surface area is 167 Å². The van der Waals surface area contributed by atoms with Gasteiger partial charge in [-0.05, 0) is 37.4 Å². The second-order valence-electron chi connectivity index (χ2n) is 6.17. The van der Waals surface area contributed by atoms with Gasteiger partial charge in [0.05, 0.1) is 19.1 Å². The zero-order chi connectivity index (χ0) is 21.2. The lowest BCUT2D eigenvalue weighted by Crippen LogP contribution is -2.14. The van der Waals surface area contributed by atoms with Crippen molar-refractivity contribution in [3.8, 4) is 22.8 Å². The van der Waals surface area contributed by atoms with Crippen LogP contribution in [-0.2, 0) is 16.6 Å². The Bertz CT molecular complexity index is 1140. The highest BCUT2D eigenvalue weighted by Gasteiger charge is 2.29. The first-order chi connectivity index (χ1) is 13.8. The Hall–Kier alpha value is -2.91. The molecule has 9 heteroatoms. The number of nitrogens with one attached hydrogen (secondary N) is 1. The van der Waals surface area contributed by atoms with Crippen molar-refractivity contribution in [1.29, 1.82) is 0 Å². The van der Waals surface area contributed by atoms with Crippen LogP contribution < -0.4 is 14.8 Å². The minimum absolute atomic E-state index is 0.0661. The van der Waals surface area contributed by atoms with E-state index >= 15 is 0 Å². The monoisotopic (exact) mass is 422 g/mol. The van der Waals surface area contributed by atoms with Crippen LogP contribution in [0.4, 0.5) is 8.78 Å². The highest BCUT2D eigenvalue weighted by molar-refractivity contribution is 7.90. The molecule has 0 aliphatic carbocycles. The number of nitrogens with zero attached hydrogens (tertiary/aromatic N) is 1. The second kappa shape index (κ2) is 8.22. The Kier molecular flexibility index (Phi) is 5.90.